The first-order chi connectivity index (χ1) is 11.4. The highest BCUT2D eigenvalue weighted by Gasteiger charge is 2.32. The van der Waals surface area contributed by atoms with Gasteiger partial charge in [0.1, 0.15) is 4.90 Å². The van der Waals surface area contributed by atoms with Gasteiger partial charge in [-0.25, -0.2) is 8.42 Å². The van der Waals surface area contributed by atoms with Crippen molar-refractivity contribution in [2.45, 2.75) is 30.8 Å². The Balaban J connectivity index is 1.77. The number of carbonyl (C=O) groups excluding carboxylic acids is 1. The average Bonchev–Trinajstić information content (AvgIpc) is 2.54. The highest BCUT2D eigenvalue weighted by molar-refractivity contribution is 7.89. The van der Waals surface area contributed by atoms with Gasteiger partial charge in [0.2, 0.25) is 10.0 Å². The minimum atomic E-state index is -3.72. The van der Waals surface area contributed by atoms with E-state index in [1.807, 2.05) is 12.1 Å². The lowest BCUT2D eigenvalue weighted by molar-refractivity contribution is -0.117. The van der Waals surface area contributed by atoms with Crippen molar-refractivity contribution in [3.63, 3.8) is 0 Å². The van der Waals surface area contributed by atoms with E-state index in [0.717, 1.165) is 0 Å². The zero-order valence-electron chi connectivity index (χ0n) is 13.4. The van der Waals surface area contributed by atoms with E-state index in [-0.39, 0.29) is 4.90 Å². The molecule has 126 valence electrons. The first-order valence-corrected chi connectivity index (χ1v) is 9.14. The molecule has 1 atom stereocenters. The van der Waals surface area contributed by atoms with E-state index >= 15 is 0 Å². The molecule has 0 fully saturated rings. The topological polar surface area (TPSA) is 87.3 Å². The second kappa shape index (κ2) is 6.26. The smallest absolute Gasteiger partial charge is 0.262 e. The summed E-state index contributed by atoms with van der Waals surface area (Å²) in [5.41, 5.74) is 2.19. The van der Waals surface area contributed by atoms with Gasteiger partial charge in [-0.15, -0.1) is 0 Å². The Labute approximate surface area is 141 Å². The molecular weight excluding hydrogens is 326 g/mol. The van der Waals surface area contributed by atoms with Crippen molar-refractivity contribution in [1.82, 2.24) is 4.72 Å². The number of hydrogen-bond donors (Lipinski definition) is 3. The van der Waals surface area contributed by atoms with Crippen LogP contribution in [0.2, 0.25) is 0 Å². The monoisotopic (exact) mass is 345 g/mol. The van der Waals surface area contributed by atoms with Crippen LogP contribution in [0.4, 0.5) is 11.4 Å². The van der Waals surface area contributed by atoms with Crippen molar-refractivity contribution >= 4 is 27.3 Å². The predicted molar refractivity (Wildman–Crippen MR) is 93.3 cm³/mol. The molecule has 3 N–H and O–H groups in total. The van der Waals surface area contributed by atoms with Crippen molar-refractivity contribution < 1.29 is 13.2 Å². The standard InChI is InChI=1S/C17H19N3O3S/c1-11(2)12-7-9-13(10-8-12)18-17(21)16-19-14-5-3-4-6-15(14)24(22,23)20-16/h3-11,16,19-20H,1-2H3,(H,18,21)/t16-/m1/s1. The zero-order chi connectivity index (χ0) is 17.3. The summed E-state index contributed by atoms with van der Waals surface area (Å²) in [5, 5.41) is 5.62. The molecule has 1 heterocycles. The second-order valence-electron chi connectivity index (χ2n) is 5.96. The molecule has 2 aromatic carbocycles. The number of nitrogens with one attached hydrogen (secondary N) is 3. The summed E-state index contributed by atoms with van der Waals surface area (Å²) in [5.74, 6) is -0.0663. The molecule has 2 aromatic rings. The van der Waals surface area contributed by atoms with Crippen LogP contribution in [0.5, 0.6) is 0 Å². The molecule has 7 heteroatoms. The third-order valence-corrected chi connectivity index (χ3v) is 5.34. The Bertz CT molecular complexity index is 861. The molecule has 0 aromatic heterocycles. The van der Waals surface area contributed by atoms with Gasteiger partial charge in [-0.1, -0.05) is 38.1 Å². The van der Waals surface area contributed by atoms with E-state index in [1.54, 1.807) is 30.3 Å². The van der Waals surface area contributed by atoms with E-state index in [2.05, 4.69) is 29.2 Å². The van der Waals surface area contributed by atoms with Gasteiger partial charge < -0.3 is 10.6 Å². The number of para-hydroxylation sites is 1. The molecule has 6 nitrogen and oxygen atoms in total. The number of benzene rings is 2. The van der Waals surface area contributed by atoms with Crippen LogP contribution in [0.3, 0.4) is 0 Å². The molecule has 0 saturated heterocycles. The Hall–Kier alpha value is -2.38. The van der Waals surface area contributed by atoms with Gasteiger partial charge in [-0.2, -0.15) is 4.72 Å². The molecule has 0 spiro atoms. The van der Waals surface area contributed by atoms with Gasteiger partial charge in [0.15, 0.2) is 6.17 Å². The van der Waals surface area contributed by atoms with Gasteiger partial charge in [0, 0.05) is 5.69 Å². The summed E-state index contributed by atoms with van der Waals surface area (Å²) < 4.78 is 26.8. The molecule has 0 unspecified atom stereocenters. The lowest BCUT2D eigenvalue weighted by Gasteiger charge is -2.27. The Morgan fingerprint density at radius 3 is 2.42 bits per heavy atom. The molecule has 1 aliphatic heterocycles. The lowest BCUT2D eigenvalue weighted by atomic mass is 10.0. The average molecular weight is 345 g/mol. The minimum absolute atomic E-state index is 0.135. The van der Waals surface area contributed by atoms with Crippen LogP contribution in [0.1, 0.15) is 25.3 Å². The van der Waals surface area contributed by atoms with Crippen LogP contribution in [0, 0.1) is 0 Å². The van der Waals surface area contributed by atoms with Crippen LogP contribution >= 0.6 is 0 Å². The quantitative estimate of drug-likeness (QED) is 0.797. The molecule has 0 aliphatic carbocycles. The number of sulfonamides is 1. The molecule has 3 rings (SSSR count). The van der Waals surface area contributed by atoms with Gasteiger partial charge in [0.05, 0.1) is 5.69 Å². The van der Waals surface area contributed by atoms with E-state index in [0.29, 0.717) is 17.3 Å². The lowest BCUT2D eigenvalue weighted by Crippen LogP contribution is -2.51. The van der Waals surface area contributed by atoms with Crippen molar-refractivity contribution in [2.24, 2.45) is 0 Å². The van der Waals surface area contributed by atoms with Crippen molar-refractivity contribution in [1.29, 1.82) is 0 Å². The Kier molecular flexibility index (Phi) is 4.29. The maximum Gasteiger partial charge on any atom is 0.262 e. The number of anilines is 2. The third-order valence-electron chi connectivity index (χ3n) is 3.86. The van der Waals surface area contributed by atoms with E-state index in [1.165, 1.54) is 11.6 Å². The third kappa shape index (κ3) is 3.27. The summed E-state index contributed by atoms with van der Waals surface area (Å²) in [7, 11) is -3.72. The highest BCUT2D eigenvalue weighted by Crippen LogP contribution is 2.25. The van der Waals surface area contributed by atoms with Gasteiger partial charge in [0.25, 0.3) is 5.91 Å². The second-order valence-corrected chi connectivity index (χ2v) is 7.64. The minimum Gasteiger partial charge on any atom is -0.360 e. The van der Waals surface area contributed by atoms with Gasteiger partial charge in [-0.05, 0) is 35.7 Å². The van der Waals surface area contributed by atoms with Gasteiger partial charge in [-0.3, -0.25) is 4.79 Å². The number of rotatable bonds is 3. The predicted octanol–water partition coefficient (Wildman–Crippen LogP) is 2.48. The van der Waals surface area contributed by atoms with Gasteiger partial charge >= 0.3 is 0 Å². The molecule has 0 radical (unpaired) electrons. The molecule has 0 bridgehead atoms. The summed E-state index contributed by atoms with van der Waals surface area (Å²) in [4.78, 5) is 12.5. The van der Waals surface area contributed by atoms with E-state index in [4.69, 9.17) is 0 Å². The van der Waals surface area contributed by atoms with E-state index in [9.17, 15) is 13.2 Å². The van der Waals surface area contributed by atoms with Crippen LogP contribution in [-0.4, -0.2) is 20.5 Å². The molecule has 1 aliphatic rings. The maximum absolute atomic E-state index is 12.4. The normalized spacial score (nSPS) is 18.5. The Morgan fingerprint density at radius 2 is 1.75 bits per heavy atom. The SMILES string of the molecule is CC(C)c1ccc(NC(=O)[C@@H]2Nc3ccccc3S(=O)(=O)N2)cc1. The Morgan fingerprint density at radius 1 is 1.08 bits per heavy atom. The number of hydrogen-bond acceptors (Lipinski definition) is 4. The van der Waals surface area contributed by atoms with Crippen molar-refractivity contribution in [3.05, 3.63) is 54.1 Å². The van der Waals surface area contributed by atoms with Crippen molar-refractivity contribution in [3.8, 4) is 0 Å². The van der Waals surface area contributed by atoms with E-state index < -0.39 is 22.1 Å². The number of amides is 1. The maximum atomic E-state index is 12.4. The number of carbonyl (C=O) groups is 1. The number of fused-ring (bicyclic) bond motifs is 1. The summed E-state index contributed by atoms with van der Waals surface area (Å²) >= 11 is 0. The summed E-state index contributed by atoms with van der Waals surface area (Å²) in [6.45, 7) is 4.18. The van der Waals surface area contributed by atoms with Crippen LogP contribution in [0.15, 0.2) is 53.4 Å². The summed E-state index contributed by atoms with van der Waals surface area (Å²) in [6.07, 6.45) is -1.06. The first-order valence-electron chi connectivity index (χ1n) is 7.65. The fourth-order valence-corrected chi connectivity index (χ4v) is 3.79. The molecule has 0 saturated carbocycles. The molecule has 24 heavy (non-hydrogen) atoms. The largest absolute Gasteiger partial charge is 0.360 e. The van der Waals surface area contributed by atoms with Crippen LogP contribution < -0.4 is 15.4 Å². The highest BCUT2D eigenvalue weighted by atomic mass is 32.2. The molecular formula is C17H19N3O3S. The first kappa shape index (κ1) is 16.5. The van der Waals surface area contributed by atoms with Crippen LogP contribution in [0.25, 0.3) is 0 Å². The zero-order valence-corrected chi connectivity index (χ0v) is 14.2. The van der Waals surface area contributed by atoms with Crippen molar-refractivity contribution in [2.75, 3.05) is 10.6 Å². The summed E-state index contributed by atoms with van der Waals surface area (Å²) in [6, 6.07) is 14.0. The molecule has 1 amide bonds. The fourth-order valence-electron chi connectivity index (χ4n) is 2.51. The fraction of sp³-hybridized carbons (Fsp3) is 0.235. The van der Waals surface area contributed by atoms with Crippen LogP contribution in [-0.2, 0) is 14.8 Å².